The van der Waals surface area contributed by atoms with Gasteiger partial charge in [0.25, 0.3) is 0 Å². The predicted molar refractivity (Wildman–Crippen MR) is 57.5 cm³/mol. The number of fused-ring (bicyclic) bond motifs is 1. The molecule has 1 saturated heterocycles. The molecule has 0 N–H and O–H groups in total. The van der Waals surface area contributed by atoms with Crippen LogP contribution in [0.2, 0.25) is 0 Å². The van der Waals surface area contributed by atoms with Crippen LogP contribution in [0.15, 0.2) is 0 Å². The lowest BCUT2D eigenvalue weighted by Gasteiger charge is -2.37. The zero-order chi connectivity index (χ0) is 9.53. The quantitative estimate of drug-likeness (QED) is 0.503. The fourth-order valence-electron chi connectivity index (χ4n) is 3.08. The number of rotatable bonds is 2. The van der Waals surface area contributed by atoms with Crippen LogP contribution in [0.5, 0.6) is 0 Å². The van der Waals surface area contributed by atoms with Gasteiger partial charge >= 0.3 is 6.84 Å². The van der Waals surface area contributed by atoms with Crippen LogP contribution in [0.4, 0.5) is 0 Å². The monoisotopic (exact) mass is 200 g/mol. The molecule has 3 unspecified atom stereocenters. The molecule has 1 aliphatic carbocycles. The van der Waals surface area contributed by atoms with Gasteiger partial charge in [0.1, 0.15) is 0 Å². The van der Waals surface area contributed by atoms with Gasteiger partial charge in [0.05, 0.1) is 11.2 Å². The fraction of sp³-hybridized carbons (Fsp3) is 1.00. The molecule has 0 bridgehead atoms. The number of hydrogen-bond acceptors (Lipinski definition) is 2. The topological polar surface area (TPSA) is 18.5 Å². The molecular formula is C9H18BO2P. The minimum absolute atomic E-state index is 0.0220. The summed E-state index contributed by atoms with van der Waals surface area (Å²) in [5.41, 5.74) is 0.0440. The zero-order valence-corrected chi connectivity index (χ0v) is 9.66. The van der Waals surface area contributed by atoms with Crippen molar-refractivity contribution in [2.45, 2.75) is 57.2 Å². The maximum Gasteiger partial charge on any atom is 0.479 e. The van der Waals surface area contributed by atoms with Crippen molar-refractivity contribution < 1.29 is 9.31 Å². The summed E-state index contributed by atoms with van der Waals surface area (Å²) in [7, 11) is 2.63. The van der Waals surface area contributed by atoms with E-state index in [4.69, 9.17) is 9.31 Å². The largest absolute Gasteiger partial charge is 0.479 e. The standard InChI is InChI=1S/C9H18BO2P/c1-3-8-6-5-7-9(8,4-2)12-10(13)11-8/h3-7,13H2,1-2H3. The first-order valence-electron chi connectivity index (χ1n) is 5.29. The summed E-state index contributed by atoms with van der Waals surface area (Å²) in [6.45, 7) is 4.34. The van der Waals surface area contributed by atoms with Crippen LogP contribution in [-0.4, -0.2) is 18.0 Å². The lowest BCUT2D eigenvalue weighted by Crippen LogP contribution is -2.46. The van der Waals surface area contributed by atoms with Gasteiger partial charge in [-0.1, -0.05) is 13.8 Å². The average molecular weight is 200 g/mol. The minimum Gasteiger partial charge on any atom is -0.399 e. The molecule has 1 heterocycles. The van der Waals surface area contributed by atoms with Crippen molar-refractivity contribution in [1.29, 1.82) is 0 Å². The lowest BCUT2D eigenvalue weighted by atomic mass is 9.82. The van der Waals surface area contributed by atoms with Crippen LogP contribution >= 0.6 is 9.12 Å². The summed E-state index contributed by atoms with van der Waals surface area (Å²) in [4.78, 5) is 0. The van der Waals surface area contributed by atoms with Gasteiger partial charge in [-0.05, 0) is 32.1 Å². The van der Waals surface area contributed by atoms with Gasteiger partial charge in [-0.15, -0.1) is 9.12 Å². The van der Waals surface area contributed by atoms with Gasteiger partial charge in [0.15, 0.2) is 0 Å². The van der Waals surface area contributed by atoms with Gasteiger partial charge < -0.3 is 9.31 Å². The predicted octanol–water partition coefficient (Wildman–Crippen LogP) is 2.37. The molecule has 2 nitrogen and oxygen atoms in total. The summed E-state index contributed by atoms with van der Waals surface area (Å²) in [5, 5.41) is 0. The third kappa shape index (κ3) is 1.21. The average Bonchev–Trinajstić information content (AvgIpc) is 2.56. The summed E-state index contributed by atoms with van der Waals surface area (Å²) in [5.74, 6) is 0. The summed E-state index contributed by atoms with van der Waals surface area (Å²) in [6, 6.07) is 0. The van der Waals surface area contributed by atoms with E-state index in [1.165, 1.54) is 19.3 Å². The van der Waals surface area contributed by atoms with E-state index in [1.54, 1.807) is 0 Å². The van der Waals surface area contributed by atoms with Crippen LogP contribution in [0.1, 0.15) is 46.0 Å². The highest BCUT2D eigenvalue weighted by molar-refractivity contribution is 7.58. The van der Waals surface area contributed by atoms with E-state index < -0.39 is 0 Å². The van der Waals surface area contributed by atoms with E-state index in [-0.39, 0.29) is 18.0 Å². The molecule has 0 aromatic carbocycles. The molecule has 0 amide bonds. The lowest BCUT2D eigenvalue weighted by molar-refractivity contribution is -0.0281. The van der Waals surface area contributed by atoms with Crippen molar-refractivity contribution in [3.63, 3.8) is 0 Å². The summed E-state index contributed by atoms with van der Waals surface area (Å²) >= 11 is 0. The first-order valence-corrected chi connectivity index (χ1v) is 5.96. The van der Waals surface area contributed by atoms with Gasteiger partial charge in [0, 0.05) is 0 Å². The van der Waals surface area contributed by atoms with Gasteiger partial charge in [-0.25, -0.2) is 0 Å². The molecule has 0 aromatic rings. The van der Waals surface area contributed by atoms with Gasteiger partial charge in [0.2, 0.25) is 0 Å². The molecule has 4 heteroatoms. The van der Waals surface area contributed by atoms with Gasteiger partial charge in [-0.2, -0.15) is 0 Å². The Hall–Kier alpha value is 0.415. The van der Waals surface area contributed by atoms with Crippen molar-refractivity contribution in [3.8, 4) is 0 Å². The van der Waals surface area contributed by atoms with Crippen molar-refractivity contribution in [1.82, 2.24) is 0 Å². The SMILES string of the molecule is CCC12CCCC1(CC)OB(P)O2. The second-order valence-corrected chi connectivity index (χ2v) is 4.70. The molecule has 3 atom stereocenters. The molecular weight excluding hydrogens is 182 g/mol. The number of hydrogen-bond donors (Lipinski definition) is 0. The Morgan fingerprint density at radius 3 is 2.00 bits per heavy atom. The maximum atomic E-state index is 5.96. The molecule has 0 radical (unpaired) electrons. The first-order chi connectivity index (χ1) is 6.18. The van der Waals surface area contributed by atoms with Crippen LogP contribution < -0.4 is 0 Å². The van der Waals surface area contributed by atoms with E-state index in [0.29, 0.717) is 0 Å². The van der Waals surface area contributed by atoms with E-state index in [1.807, 2.05) is 0 Å². The third-order valence-electron chi connectivity index (χ3n) is 3.82. The molecule has 74 valence electrons. The van der Waals surface area contributed by atoms with E-state index >= 15 is 0 Å². The maximum absolute atomic E-state index is 5.96. The molecule has 2 rings (SSSR count). The van der Waals surface area contributed by atoms with Crippen LogP contribution in [0, 0.1) is 0 Å². The molecule has 2 fully saturated rings. The molecule has 2 aliphatic rings. The van der Waals surface area contributed by atoms with Gasteiger partial charge in [-0.3, -0.25) is 0 Å². The zero-order valence-electron chi connectivity index (χ0n) is 8.51. The van der Waals surface area contributed by atoms with E-state index in [0.717, 1.165) is 12.8 Å². The Morgan fingerprint density at radius 2 is 1.62 bits per heavy atom. The molecule has 1 saturated carbocycles. The fourth-order valence-corrected chi connectivity index (χ4v) is 3.60. The summed E-state index contributed by atoms with van der Waals surface area (Å²) in [6.07, 6.45) is 5.74. The normalized spacial score (nSPS) is 44.1. The summed E-state index contributed by atoms with van der Waals surface area (Å²) < 4.78 is 11.9. The van der Waals surface area contributed by atoms with Crippen molar-refractivity contribution in [3.05, 3.63) is 0 Å². The second kappa shape index (κ2) is 3.22. The molecule has 0 spiro atoms. The van der Waals surface area contributed by atoms with Crippen LogP contribution in [0.25, 0.3) is 0 Å². The first kappa shape index (κ1) is 9.95. The highest BCUT2D eigenvalue weighted by Crippen LogP contribution is 2.54. The van der Waals surface area contributed by atoms with Crippen molar-refractivity contribution in [2.75, 3.05) is 0 Å². The Balaban J connectivity index is 2.30. The van der Waals surface area contributed by atoms with E-state index in [2.05, 4.69) is 23.0 Å². The smallest absolute Gasteiger partial charge is 0.399 e. The van der Waals surface area contributed by atoms with Crippen LogP contribution in [0.3, 0.4) is 0 Å². The highest BCUT2D eigenvalue weighted by Gasteiger charge is 2.61. The molecule has 13 heavy (non-hydrogen) atoms. The van der Waals surface area contributed by atoms with E-state index in [9.17, 15) is 0 Å². The highest BCUT2D eigenvalue weighted by atomic mass is 31.0. The Labute approximate surface area is 83.1 Å². The molecule has 1 aliphatic heterocycles. The van der Waals surface area contributed by atoms with Crippen LogP contribution in [-0.2, 0) is 9.31 Å². The molecule has 0 aromatic heterocycles. The third-order valence-corrected chi connectivity index (χ3v) is 4.09. The van der Waals surface area contributed by atoms with Crippen molar-refractivity contribution in [2.24, 2.45) is 0 Å². The Morgan fingerprint density at radius 1 is 1.15 bits per heavy atom. The Kier molecular flexibility index (Phi) is 2.46. The second-order valence-electron chi connectivity index (χ2n) is 4.15. The Bertz CT molecular complexity index is 194. The minimum atomic E-state index is -0.0831. The van der Waals surface area contributed by atoms with Crippen molar-refractivity contribution >= 4 is 16.0 Å².